The van der Waals surface area contributed by atoms with E-state index in [0.717, 1.165) is 35.2 Å². The van der Waals surface area contributed by atoms with E-state index in [0.29, 0.717) is 6.61 Å². The molecule has 0 aliphatic carbocycles. The summed E-state index contributed by atoms with van der Waals surface area (Å²) in [7, 11) is 0. The van der Waals surface area contributed by atoms with Crippen LogP contribution in [0.4, 0.5) is 0 Å². The van der Waals surface area contributed by atoms with Crippen LogP contribution in [0.25, 0.3) is 0 Å². The molecule has 1 aliphatic heterocycles. The average molecular weight is 314 g/mol. The van der Waals surface area contributed by atoms with Gasteiger partial charge in [0.25, 0.3) is 0 Å². The van der Waals surface area contributed by atoms with E-state index in [9.17, 15) is 0 Å². The lowest BCUT2D eigenvalue weighted by molar-refractivity contribution is -0.00237. The zero-order valence-electron chi connectivity index (χ0n) is 10.9. The molecule has 0 radical (unpaired) electrons. The number of hydrogen-bond acceptors (Lipinski definition) is 3. The van der Waals surface area contributed by atoms with Gasteiger partial charge in [0.1, 0.15) is 5.75 Å². The Morgan fingerprint density at radius 3 is 2.94 bits per heavy atom. The Morgan fingerprint density at radius 1 is 1.56 bits per heavy atom. The minimum Gasteiger partial charge on any atom is -0.494 e. The lowest BCUT2D eigenvalue weighted by atomic mass is 9.88. The highest BCUT2D eigenvalue weighted by Crippen LogP contribution is 2.39. The lowest BCUT2D eigenvalue weighted by Gasteiger charge is -2.31. The van der Waals surface area contributed by atoms with Crippen LogP contribution in [0.15, 0.2) is 22.7 Å². The molecule has 1 saturated heterocycles. The molecule has 1 aromatic rings. The van der Waals surface area contributed by atoms with Crippen LogP contribution in [-0.4, -0.2) is 18.8 Å². The molecule has 2 atom stereocenters. The molecule has 4 heteroatoms. The Morgan fingerprint density at radius 2 is 2.33 bits per heavy atom. The Kier molecular flexibility index (Phi) is 4.30. The molecule has 3 nitrogen and oxygen atoms in total. The van der Waals surface area contributed by atoms with Gasteiger partial charge in [0, 0.05) is 16.6 Å². The zero-order valence-corrected chi connectivity index (χ0v) is 12.5. The van der Waals surface area contributed by atoms with Crippen molar-refractivity contribution >= 4 is 15.9 Å². The second-order valence-electron chi connectivity index (χ2n) is 4.86. The first-order valence-electron chi connectivity index (χ1n) is 6.38. The van der Waals surface area contributed by atoms with Gasteiger partial charge in [0.2, 0.25) is 0 Å². The van der Waals surface area contributed by atoms with E-state index in [2.05, 4.69) is 22.9 Å². The largest absolute Gasteiger partial charge is 0.494 e. The maximum atomic E-state index is 6.41. The van der Waals surface area contributed by atoms with Crippen molar-refractivity contribution in [2.24, 2.45) is 5.73 Å². The fourth-order valence-corrected chi connectivity index (χ4v) is 2.80. The maximum Gasteiger partial charge on any atom is 0.124 e. The molecule has 0 bridgehead atoms. The van der Waals surface area contributed by atoms with E-state index in [4.69, 9.17) is 15.2 Å². The Balaban J connectivity index is 2.33. The maximum absolute atomic E-state index is 6.41. The number of nitrogens with two attached hydrogens (primary N) is 1. The summed E-state index contributed by atoms with van der Waals surface area (Å²) in [6, 6.07) is 5.79. The summed E-state index contributed by atoms with van der Waals surface area (Å²) >= 11 is 3.49. The second-order valence-corrected chi connectivity index (χ2v) is 5.77. The van der Waals surface area contributed by atoms with Crippen molar-refractivity contribution in [3.63, 3.8) is 0 Å². The molecule has 1 heterocycles. The Labute approximate surface area is 117 Å². The number of halogens is 1. The van der Waals surface area contributed by atoms with Crippen LogP contribution in [-0.2, 0) is 4.74 Å². The number of ether oxygens (including phenoxy) is 2. The summed E-state index contributed by atoms with van der Waals surface area (Å²) in [6.45, 7) is 5.49. The molecule has 1 aliphatic rings. The van der Waals surface area contributed by atoms with Gasteiger partial charge in [0.05, 0.1) is 18.2 Å². The normalized spacial score (nSPS) is 25.1. The fourth-order valence-electron chi connectivity index (χ4n) is 2.42. The highest BCUT2D eigenvalue weighted by molar-refractivity contribution is 9.10. The van der Waals surface area contributed by atoms with Gasteiger partial charge in [-0.3, -0.25) is 0 Å². The summed E-state index contributed by atoms with van der Waals surface area (Å²) < 4.78 is 12.5. The molecule has 0 spiro atoms. The van der Waals surface area contributed by atoms with Crippen molar-refractivity contribution in [1.82, 2.24) is 0 Å². The lowest BCUT2D eigenvalue weighted by Crippen LogP contribution is -2.37. The molecule has 2 rings (SSSR count). The third-order valence-electron chi connectivity index (χ3n) is 3.51. The highest BCUT2D eigenvalue weighted by Gasteiger charge is 2.38. The van der Waals surface area contributed by atoms with E-state index in [1.807, 2.05) is 25.1 Å². The standard InChI is InChI=1S/C14H20BrNO2/c1-3-17-12-6-5-10(15)9-11(12)13(16)14(2)7-4-8-18-14/h5-6,9,13H,3-4,7-8,16H2,1-2H3. The SMILES string of the molecule is CCOc1ccc(Br)cc1C(N)C1(C)CCCO1. The van der Waals surface area contributed by atoms with Crippen molar-refractivity contribution in [3.05, 3.63) is 28.2 Å². The summed E-state index contributed by atoms with van der Waals surface area (Å²) in [4.78, 5) is 0. The predicted octanol–water partition coefficient (Wildman–Crippen LogP) is 3.42. The summed E-state index contributed by atoms with van der Waals surface area (Å²) in [5, 5.41) is 0. The van der Waals surface area contributed by atoms with Crippen molar-refractivity contribution in [2.75, 3.05) is 13.2 Å². The quantitative estimate of drug-likeness (QED) is 0.926. The molecule has 1 aromatic carbocycles. The van der Waals surface area contributed by atoms with Gasteiger partial charge in [-0.05, 0) is 44.9 Å². The van der Waals surface area contributed by atoms with Crippen LogP contribution in [0.3, 0.4) is 0 Å². The van der Waals surface area contributed by atoms with Gasteiger partial charge in [-0.25, -0.2) is 0 Å². The van der Waals surface area contributed by atoms with Gasteiger partial charge in [-0.15, -0.1) is 0 Å². The van der Waals surface area contributed by atoms with Crippen LogP contribution in [0.5, 0.6) is 5.75 Å². The predicted molar refractivity (Wildman–Crippen MR) is 75.8 cm³/mol. The Bertz CT molecular complexity index is 416. The van der Waals surface area contributed by atoms with Gasteiger partial charge in [-0.1, -0.05) is 15.9 Å². The monoisotopic (exact) mass is 313 g/mol. The van der Waals surface area contributed by atoms with Gasteiger partial charge < -0.3 is 15.2 Å². The van der Waals surface area contributed by atoms with Crippen LogP contribution >= 0.6 is 15.9 Å². The van der Waals surface area contributed by atoms with E-state index < -0.39 is 0 Å². The molecular formula is C14H20BrNO2. The van der Waals surface area contributed by atoms with E-state index in [1.54, 1.807) is 0 Å². The molecule has 18 heavy (non-hydrogen) atoms. The van der Waals surface area contributed by atoms with Crippen molar-refractivity contribution in [2.45, 2.75) is 38.3 Å². The first-order chi connectivity index (χ1) is 8.57. The Hall–Kier alpha value is -0.580. The van der Waals surface area contributed by atoms with E-state index in [-0.39, 0.29) is 11.6 Å². The van der Waals surface area contributed by atoms with Crippen LogP contribution in [0.2, 0.25) is 0 Å². The fraction of sp³-hybridized carbons (Fsp3) is 0.571. The van der Waals surface area contributed by atoms with E-state index >= 15 is 0 Å². The third-order valence-corrected chi connectivity index (χ3v) is 4.01. The molecule has 2 N–H and O–H groups in total. The minimum absolute atomic E-state index is 0.168. The smallest absolute Gasteiger partial charge is 0.124 e. The molecule has 2 unspecified atom stereocenters. The van der Waals surface area contributed by atoms with Gasteiger partial charge in [-0.2, -0.15) is 0 Å². The summed E-state index contributed by atoms with van der Waals surface area (Å²) in [5.74, 6) is 0.852. The topological polar surface area (TPSA) is 44.5 Å². The van der Waals surface area contributed by atoms with Gasteiger partial charge in [0.15, 0.2) is 0 Å². The van der Waals surface area contributed by atoms with Crippen molar-refractivity contribution in [1.29, 1.82) is 0 Å². The zero-order chi connectivity index (χ0) is 13.2. The molecule has 100 valence electrons. The van der Waals surface area contributed by atoms with Crippen molar-refractivity contribution in [3.8, 4) is 5.75 Å². The molecule has 0 aromatic heterocycles. The first kappa shape index (κ1) is 13.8. The molecular weight excluding hydrogens is 294 g/mol. The number of rotatable bonds is 4. The number of benzene rings is 1. The highest BCUT2D eigenvalue weighted by atomic mass is 79.9. The van der Waals surface area contributed by atoms with E-state index in [1.165, 1.54) is 0 Å². The third kappa shape index (κ3) is 2.71. The first-order valence-corrected chi connectivity index (χ1v) is 7.18. The van der Waals surface area contributed by atoms with Crippen LogP contribution in [0.1, 0.15) is 38.3 Å². The van der Waals surface area contributed by atoms with Crippen LogP contribution < -0.4 is 10.5 Å². The molecule has 1 fully saturated rings. The molecule has 0 saturated carbocycles. The van der Waals surface area contributed by atoms with Gasteiger partial charge >= 0.3 is 0 Å². The number of hydrogen-bond donors (Lipinski definition) is 1. The average Bonchev–Trinajstić information content (AvgIpc) is 2.79. The summed E-state index contributed by atoms with van der Waals surface area (Å²) in [6.07, 6.45) is 2.06. The van der Waals surface area contributed by atoms with Crippen LogP contribution in [0, 0.1) is 0 Å². The van der Waals surface area contributed by atoms with Crippen molar-refractivity contribution < 1.29 is 9.47 Å². The second kappa shape index (κ2) is 5.59. The summed E-state index contributed by atoms with van der Waals surface area (Å²) in [5.41, 5.74) is 7.13. The molecule has 0 amide bonds. The minimum atomic E-state index is -0.285.